The van der Waals surface area contributed by atoms with Crippen molar-refractivity contribution in [3.05, 3.63) is 375 Å². The summed E-state index contributed by atoms with van der Waals surface area (Å²) >= 11 is 0. The molecule has 18 aromatic rings. The van der Waals surface area contributed by atoms with Crippen molar-refractivity contribution in [3.8, 4) is 123 Å². The van der Waals surface area contributed by atoms with Gasteiger partial charge in [0.25, 0.3) is 0 Å². The van der Waals surface area contributed by atoms with Crippen LogP contribution >= 0.6 is 0 Å². The molecule has 0 fully saturated rings. The van der Waals surface area contributed by atoms with E-state index < -0.39 is 5.41 Å². The molecule has 6 heteroatoms. The van der Waals surface area contributed by atoms with Gasteiger partial charge in [-0.25, -0.2) is 19.9 Å². The lowest BCUT2D eigenvalue weighted by atomic mass is 9.70. The molecule has 2 aliphatic rings. The minimum atomic E-state index is -0.717. The Morgan fingerprint density at radius 3 is 0.828 bits per heavy atom. The maximum Gasteiger partial charge on any atom is 0.234 e. The fraction of sp³-hybridized carbons (Fsp3) is 0.0108. The number of nitrogens with zero attached hydrogens (tertiary/aromatic N) is 6. The largest absolute Gasteiger partial charge is 0.278 e. The molecule has 0 saturated carbocycles. The molecule has 20 rings (SSSR count). The summed E-state index contributed by atoms with van der Waals surface area (Å²) < 4.78 is 4.54. The van der Waals surface area contributed by atoms with E-state index in [-0.39, 0.29) is 0 Å². The van der Waals surface area contributed by atoms with Crippen molar-refractivity contribution in [2.75, 3.05) is 0 Å². The Kier molecular flexibility index (Phi) is 12.8. The highest BCUT2D eigenvalue weighted by Crippen LogP contribution is 2.64. The lowest BCUT2D eigenvalue weighted by molar-refractivity contribution is 0.794. The van der Waals surface area contributed by atoms with Crippen LogP contribution in [0.15, 0.2) is 352 Å². The molecular weight excluding hydrogens is 1200 g/mol. The van der Waals surface area contributed by atoms with Crippen molar-refractivity contribution in [2.24, 2.45) is 0 Å². The molecule has 0 N–H and O–H groups in total. The molecule has 0 atom stereocenters. The Morgan fingerprint density at radius 2 is 0.465 bits per heavy atom. The second-order valence-electron chi connectivity index (χ2n) is 26.1. The Balaban J connectivity index is 0.762. The van der Waals surface area contributed by atoms with Gasteiger partial charge in [-0.05, 0) is 243 Å². The van der Waals surface area contributed by atoms with Gasteiger partial charge in [-0.2, -0.15) is 0 Å². The highest BCUT2D eigenvalue weighted by molar-refractivity contribution is 6.16. The van der Waals surface area contributed by atoms with E-state index in [1.54, 1.807) is 0 Å². The lowest BCUT2D eigenvalue weighted by Gasteiger charge is -2.30. The van der Waals surface area contributed by atoms with Gasteiger partial charge in [-0.3, -0.25) is 9.13 Å². The fourth-order valence-electron chi connectivity index (χ4n) is 16.3. The second kappa shape index (κ2) is 22.5. The third-order valence-corrected chi connectivity index (χ3v) is 20.7. The van der Waals surface area contributed by atoms with Crippen LogP contribution in [0.3, 0.4) is 0 Å². The van der Waals surface area contributed by atoms with Crippen LogP contribution in [-0.4, -0.2) is 29.1 Å². The van der Waals surface area contributed by atoms with E-state index in [1.165, 1.54) is 89.0 Å². The third kappa shape index (κ3) is 8.96. The maximum atomic E-state index is 5.00. The van der Waals surface area contributed by atoms with Crippen molar-refractivity contribution < 1.29 is 0 Å². The van der Waals surface area contributed by atoms with Crippen molar-refractivity contribution in [1.82, 2.24) is 29.1 Å². The first-order valence-electron chi connectivity index (χ1n) is 33.8. The van der Waals surface area contributed by atoms with Crippen molar-refractivity contribution >= 4 is 43.6 Å². The van der Waals surface area contributed by atoms with Crippen LogP contribution in [0.2, 0.25) is 0 Å². The highest BCUT2D eigenvalue weighted by Gasteiger charge is 2.52. The molecule has 0 radical (unpaired) electrons. The molecule has 0 saturated heterocycles. The molecule has 0 amide bonds. The zero-order valence-corrected chi connectivity index (χ0v) is 53.7. The molecule has 460 valence electrons. The molecule has 4 aromatic heterocycles. The molecule has 99 heavy (non-hydrogen) atoms. The Bertz CT molecular complexity index is 5760. The van der Waals surface area contributed by atoms with Crippen LogP contribution in [0.5, 0.6) is 0 Å². The molecule has 2 aliphatic carbocycles. The van der Waals surface area contributed by atoms with Crippen LogP contribution < -0.4 is 0 Å². The van der Waals surface area contributed by atoms with Crippen molar-refractivity contribution in [3.63, 3.8) is 0 Å². The second-order valence-corrected chi connectivity index (χ2v) is 26.1. The molecule has 1 spiro atoms. The van der Waals surface area contributed by atoms with Crippen molar-refractivity contribution in [1.29, 1.82) is 0 Å². The quantitative estimate of drug-likeness (QED) is 0.137. The first-order valence-corrected chi connectivity index (χ1v) is 33.8. The SMILES string of the molecule is c1ccc(-c2cc(-c3ccccc3)cc(-c3cccc(-c4ccc5c(c4)c4cc6c(cc4n5-c4ncccn4)C4(c5ccccc5-6)c5ccccc5-c5cc6c7cc(-c8cccc(-c9cc(-c%10ccccc%10)cc(-c%10ccccc%10)c9)c8)ccc7n(-c7ncccn7)c6cc54)c3)c2)cc1. The Hall–Kier alpha value is -13.2. The standard InChI is InChI=1S/C93H58N6/c1-5-21-59(22-6-1)69-47-70(60-23-7-2-8-24-60)50-73(49-69)65-31-17-29-63(45-65)67-37-39-87-79(53-67)81-55-77-75-33-13-15-35-83(75)93(85(77)57-89(81)98(87)91-94-41-19-42-95-91)84-36-16-14-34-76(84)78-56-82-80-54-68(38-40-88(80)99(90(82)58-86(78)93)92-96-43-20-44-97-92)64-30-18-32-66(46-64)74-51-71(61-25-9-3-10-26-61)48-72(52-74)62-27-11-4-12-28-62/h1-58H. The van der Waals surface area contributed by atoms with Gasteiger partial charge in [0, 0.05) is 46.3 Å². The predicted molar refractivity (Wildman–Crippen MR) is 406 cm³/mol. The first-order chi connectivity index (χ1) is 49.1. The van der Waals surface area contributed by atoms with Gasteiger partial charge in [0.15, 0.2) is 0 Å². The molecule has 0 aliphatic heterocycles. The summed E-state index contributed by atoms with van der Waals surface area (Å²) in [6.45, 7) is 0. The number of rotatable bonds is 10. The van der Waals surface area contributed by atoms with E-state index in [0.717, 1.165) is 88.1 Å². The van der Waals surface area contributed by atoms with E-state index in [1.807, 2.05) is 36.9 Å². The van der Waals surface area contributed by atoms with Crippen LogP contribution in [0.1, 0.15) is 22.3 Å². The molecule has 14 aromatic carbocycles. The van der Waals surface area contributed by atoms with Crippen LogP contribution in [0, 0.1) is 0 Å². The Labute approximate surface area is 572 Å². The topological polar surface area (TPSA) is 61.4 Å². The minimum absolute atomic E-state index is 0.617. The van der Waals surface area contributed by atoms with Crippen LogP contribution in [0.25, 0.3) is 167 Å². The van der Waals surface area contributed by atoms with Gasteiger partial charge < -0.3 is 0 Å². The average molecular weight is 1260 g/mol. The summed E-state index contributed by atoms with van der Waals surface area (Å²) in [5, 5.41) is 4.51. The summed E-state index contributed by atoms with van der Waals surface area (Å²) in [4.78, 5) is 20.0. The number of benzene rings is 14. The minimum Gasteiger partial charge on any atom is -0.278 e. The number of hydrogen-bond acceptors (Lipinski definition) is 4. The molecule has 0 unspecified atom stereocenters. The van der Waals surface area contributed by atoms with Crippen LogP contribution in [0.4, 0.5) is 0 Å². The average Bonchev–Trinajstić information content (AvgIpc) is 1.50. The predicted octanol–water partition coefficient (Wildman–Crippen LogP) is 23.1. The summed E-state index contributed by atoms with van der Waals surface area (Å²) in [5.41, 5.74) is 31.8. The first kappa shape index (κ1) is 56.2. The smallest absolute Gasteiger partial charge is 0.234 e. The third-order valence-electron chi connectivity index (χ3n) is 20.7. The van der Waals surface area contributed by atoms with Gasteiger partial charge >= 0.3 is 0 Å². The lowest BCUT2D eigenvalue weighted by Crippen LogP contribution is -2.26. The molecule has 4 heterocycles. The summed E-state index contributed by atoms with van der Waals surface area (Å²) in [5.74, 6) is 1.23. The summed E-state index contributed by atoms with van der Waals surface area (Å²) in [6, 6.07) is 120. The van der Waals surface area contributed by atoms with Gasteiger partial charge in [0.1, 0.15) is 0 Å². The van der Waals surface area contributed by atoms with E-state index in [4.69, 9.17) is 19.9 Å². The monoisotopic (exact) mass is 1260 g/mol. The van der Waals surface area contributed by atoms with Gasteiger partial charge in [0.2, 0.25) is 11.9 Å². The fourth-order valence-corrected chi connectivity index (χ4v) is 16.3. The van der Waals surface area contributed by atoms with E-state index >= 15 is 0 Å². The summed E-state index contributed by atoms with van der Waals surface area (Å²) in [7, 11) is 0. The zero-order valence-electron chi connectivity index (χ0n) is 53.7. The van der Waals surface area contributed by atoms with Crippen LogP contribution in [-0.2, 0) is 5.41 Å². The van der Waals surface area contributed by atoms with Gasteiger partial charge in [-0.1, -0.05) is 218 Å². The number of aromatic nitrogens is 6. The maximum absolute atomic E-state index is 5.00. The highest BCUT2D eigenvalue weighted by atomic mass is 15.2. The van der Waals surface area contributed by atoms with E-state index in [2.05, 4.69) is 325 Å². The van der Waals surface area contributed by atoms with Crippen molar-refractivity contribution in [2.45, 2.75) is 5.41 Å². The normalized spacial score (nSPS) is 12.5. The number of fused-ring (bicyclic) bond motifs is 16. The number of hydrogen-bond donors (Lipinski definition) is 0. The zero-order chi connectivity index (χ0) is 65.1. The van der Waals surface area contributed by atoms with E-state index in [0.29, 0.717) is 11.9 Å². The van der Waals surface area contributed by atoms with Gasteiger partial charge in [0.05, 0.1) is 27.5 Å². The molecular formula is C93H58N6. The molecule has 6 nitrogen and oxygen atoms in total. The Morgan fingerprint density at radius 1 is 0.182 bits per heavy atom. The van der Waals surface area contributed by atoms with E-state index in [9.17, 15) is 0 Å². The summed E-state index contributed by atoms with van der Waals surface area (Å²) in [6.07, 6.45) is 7.38. The molecule has 0 bridgehead atoms. The van der Waals surface area contributed by atoms with Gasteiger partial charge in [-0.15, -0.1) is 0 Å².